The highest BCUT2D eigenvalue weighted by Gasteiger charge is 2.44. The number of imidazole rings is 1. The van der Waals surface area contributed by atoms with E-state index in [4.69, 9.17) is 4.74 Å². The van der Waals surface area contributed by atoms with Crippen molar-refractivity contribution in [1.82, 2.24) is 29.7 Å². The van der Waals surface area contributed by atoms with Gasteiger partial charge >= 0.3 is 0 Å². The van der Waals surface area contributed by atoms with Crippen LogP contribution in [0.5, 0.6) is 0 Å². The Kier molecular flexibility index (Phi) is 6.70. The Labute approximate surface area is 231 Å². The molecule has 6 rings (SSSR count). The van der Waals surface area contributed by atoms with Gasteiger partial charge in [-0.15, -0.1) is 0 Å². The van der Waals surface area contributed by atoms with E-state index in [9.17, 15) is 29.4 Å². The van der Waals surface area contributed by atoms with Gasteiger partial charge in [0.2, 0.25) is 5.91 Å². The Morgan fingerprint density at radius 3 is 2.29 bits per heavy atom. The molecule has 4 atom stereocenters. The van der Waals surface area contributed by atoms with Gasteiger partial charge in [0, 0.05) is 12.1 Å². The number of imide groups is 1. The summed E-state index contributed by atoms with van der Waals surface area (Å²) in [6, 6.07) is 14.8. The van der Waals surface area contributed by atoms with Crippen LogP contribution in [0.2, 0.25) is 0 Å². The van der Waals surface area contributed by atoms with Crippen LogP contribution in [-0.2, 0) is 9.53 Å². The van der Waals surface area contributed by atoms with Gasteiger partial charge in [0.05, 0.1) is 17.5 Å². The number of benzene rings is 2. The fourth-order valence-corrected chi connectivity index (χ4v) is 4.82. The Balaban J connectivity index is 1.12. The lowest BCUT2D eigenvalue weighted by atomic mass is 10.1. The Morgan fingerprint density at radius 1 is 0.902 bits per heavy atom. The zero-order valence-electron chi connectivity index (χ0n) is 21.2. The number of anilines is 1. The number of aliphatic hydroxyl groups excluding tert-OH is 2. The quantitative estimate of drug-likeness (QED) is 0.227. The van der Waals surface area contributed by atoms with Gasteiger partial charge in [-0.1, -0.05) is 30.3 Å². The molecule has 14 heteroatoms. The SMILES string of the molecule is O=C(CN1C(=O)c2ccccc2C1=O)NC[C@H]1O[C@@H](n2cnc3c(NC(=O)c4ccccc4)ncnc32)[C@@H](O)C1O. The third kappa shape index (κ3) is 4.69. The van der Waals surface area contributed by atoms with Gasteiger partial charge in [0.25, 0.3) is 17.7 Å². The minimum atomic E-state index is -1.41. The van der Waals surface area contributed by atoms with Crippen LogP contribution in [0.3, 0.4) is 0 Å². The molecule has 0 radical (unpaired) electrons. The number of ether oxygens (including phenoxy) is 1. The van der Waals surface area contributed by atoms with Gasteiger partial charge in [0.1, 0.15) is 31.2 Å². The number of aromatic nitrogens is 4. The van der Waals surface area contributed by atoms with Crippen molar-refractivity contribution in [3.8, 4) is 0 Å². The molecule has 1 saturated heterocycles. The summed E-state index contributed by atoms with van der Waals surface area (Å²) in [6.45, 7) is -0.724. The van der Waals surface area contributed by atoms with Crippen molar-refractivity contribution in [2.24, 2.45) is 0 Å². The highest BCUT2D eigenvalue weighted by atomic mass is 16.6. The number of hydrogen-bond donors (Lipinski definition) is 4. The van der Waals surface area contributed by atoms with E-state index in [1.54, 1.807) is 42.5 Å². The third-order valence-electron chi connectivity index (χ3n) is 6.92. The molecule has 208 valence electrons. The highest BCUT2D eigenvalue weighted by Crippen LogP contribution is 2.32. The van der Waals surface area contributed by atoms with E-state index >= 15 is 0 Å². The number of fused-ring (bicyclic) bond motifs is 2. The summed E-state index contributed by atoms with van der Waals surface area (Å²) in [6.07, 6.45) is -2.41. The van der Waals surface area contributed by atoms with E-state index in [2.05, 4.69) is 25.6 Å². The van der Waals surface area contributed by atoms with Crippen molar-refractivity contribution in [1.29, 1.82) is 0 Å². The van der Waals surface area contributed by atoms with E-state index in [1.165, 1.54) is 29.4 Å². The third-order valence-corrected chi connectivity index (χ3v) is 6.92. The van der Waals surface area contributed by atoms with Gasteiger partial charge in [-0.05, 0) is 24.3 Å². The van der Waals surface area contributed by atoms with Crippen molar-refractivity contribution in [2.75, 3.05) is 18.4 Å². The molecule has 2 aliphatic heterocycles. The van der Waals surface area contributed by atoms with Gasteiger partial charge in [-0.25, -0.2) is 15.0 Å². The van der Waals surface area contributed by atoms with Crippen LogP contribution in [0.1, 0.15) is 37.3 Å². The Hall–Kier alpha value is -5.05. The smallest absolute Gasteiger partial charge is 0.262 e. The maximum Gasteiger partial charge on any atom is 0.262 e. The summed E-state index contributed by atoms with van der Waals surface area (Å²) in [5.74, 6) is -2.03. The second-order valence-corrected chi connectivity index (χ2v) is 9.46. The first-order valence-electron chi connectivity index (χ1n) is 12.6. The number of aliphatic hydroxyl groups is 2. The highest BCUT2D eigenvalue weighted by molar-refractivity contribution is 6.22. The molecule has 2 aromatic heterocycles. The van der Waals surface area contributed by atoms with E-state index in [0.717, 1.165) is 4.90 Å². The molecule has 4 N–H and O–H groups in total. The lowest BCUT2D eigenvalue weighted by Gasteiger charge is -2.17. The van der Waals surface area contributed by atoms with Crippen LogP contribution >= 0.6 is 0 Å². The van der Waals surface area contributed by atoms with Crippen LogP contribution in [0.4, 0.5) is 5.82 Å². The largest absolute Gasteiger partial charge is 0.387 e. The number of carbonyl (C=O) groups excluding carboxylic acids is 4. The van der Waals surface area contributed by atoms with E-state index in [0.29, 0.717) is 5.56 Å². The number of hydrogen-bond acceptors (Lipinski definition) is 10. The molecule has 2 aliphatic rings. The van der Waals surface area contributed by atoms with Crippen LogP contribution in [0.25, 0.3) is 11.2 Å². The van der Waals surface area contributed by atoms with Crippen LogP contribution in [-0.4, -0.2) is 89.7 Å². The van der Waals surface area contributed by atoms with Crippen molar-refractivity contribution in [2.45, 2.75) is 24.5 Å². The normalized spacial score (nSPS) is 21.8. The lowest BCUT2D eigenvalue weighted by molar-refractivity contribution is -0.122. The zero-order chi connectivity index (χ0) is 28.7. The zero-order valence-corrected chi connectivity index (χ0v) is 21.2. The second-order valence-electron chi connectivity index (χ2n) is 9.46. The molecule has 0 bridgehead atoms. The maximum absolute atomic E-state index is 12.6. The fourth-order valence-electron chi connectivity index (χ4n) is 4.82. The molecule has 0 spiro atoms. The molecule has 0 aliphatic carbocycles. The minimum Gasteiger partial charge on any atom is -0.387 e. The molecular weight excluding hydrogens is 534 g/mol. The van der Waals surface area contributed by atoms with Crippen LogP contribution in [0.15, 0.2) is 67.3 Å². The van der Waals surface area contributed by atoms with Gasteiger partial charge in [-0.2, -0.15) is 0 Å². The topological polar surface area (TPSA) is 189 Å². The summed E-state index contributed by atoms with van der Waals surface area (Å²) in [5, 5.41) is 26.6. The number of amides is 4. The van der Waals surface area contributed by atoms with Crippen molar-refractivity contribution >= 4 is 40.6 Å². The molecule has 4 aromatic rings. The van der Waals surface area contributed by atoms with Crippen molar-refractivity contribution in [3.63, 3.8) is 0 Å². The van der Waals surface area contributed by atoms with Gasteiger partial charge < -0.3 is 25.6 Å². The standard InChI is InChI=1S/C27H23N7O7/c35-18(11-33-25(39)15-8-4-5-9-16(15)26(33)40)28-10-17-20(36)21(37)27(41-17)34-13-31-19-22(29-12-30-23(19)34)32-24(38)14-6-2-1-3-7-14/h1-9,12-13,17,20-21,27,36-37H,10-11H2,(H,28,35)(H,29,30,32,38)/t17-,20?,21+,27-/m1/s1. The summed E-state index contributed by atoms with van der Waals surface area (Å²) in [7, 11) is 0. The maximum atomic E-state index is 12.6. The minimum absolute atomic E-state index is 0.146. The van der Waals surface area contributed by atoms with Gasteiger partial charge in [-0.3, -0.25) is 28.6 Å². The van der Waals surface area contributed by atoms with E-state index in [1.807, 2.05) is 0 Å². The van der Waals surface area contributed by atoms with E-state index in [-0.39, 0.29) is 34.7 Å². The molecule has 1 fully saturated rings. The molecule has 41 heavy (non-hydrogen) atoms. The first kappa shape index (κ1) is 26.2. The van der Waals surface area contributed by atoms with Gasteiger partial charge in [0.15, 0.2) is 23.2 Å². The van der Waals surface area contributed by atoms with E-state index < -0.39 is 54.7 Å². The number of carbonyl (C=O) groups is 4. The number of rotatable bonds is 7. The lowest BCUT2D eigenvalue weighted by Crippen LogP contribution is -2.44. The van der Waals surface area contributed by atoms with Crippen LogP contribution < -0.4 is 10.6 Å². The summed E-state index contributed by atoms with van der Waals surface area (Å²) < 4.78 is 7.25. The summed E-state index contributed by atoms with van der Waals surface area (Å²) >= 11 is 0. The number of nitrogens with zero attached hydrogens (tertiary/aromatic N) is 5. The second kappa shape index (κ2) is 10.5. The molecule has 1 unspecified atom stereocenters. The predicted octanol–water partition coefficient (Wildman–Crippen LogP) is 0.110. The average Bonchev–Trinajstić information content (AvgIpc) is 3.62. The molecular formula is C27H23N7O7. The molecule has 4 heterocycles. The average molecular weight is 558 g/mol. The first-order valence-corrected chi connectivity index (χ1v) is 12.6. The Morgan fingerprint density at radius 2 is 1.59 bits per heavy atom. The fraction of sp³-hybridized carbons (Fsp3) is 0.222. The Bertz CT molecular complexity index is 1640. The summed E-state index contributed by atoms with van der Waals surface area (Å²) in [4.78, 5) is 63.6. The number of nitrogens with one attached hydrogen (secondary N) is 2. The molecule has 14 nitrogen and oxygen atoms in total. The first-order chi connectivity index (χ1) is 19.8. The van der Waals surface area contributed by atoms with Crippen LogP contribution in [0, 0.1) is 0 Å². The molecule has 0 saturated carbocycles. The predicted molar refractivity (Wildman–Crippen MR) is 140 cm³/mol. The monoisotopic (exact) mass is 557 g/mol. The van der Waals surface area contributed by atoms with Crippen molar-refractivity contribution < 1.29 is 34.1 Å². The molecule has 4 amide bonds. The van der Waals surface area contributed by atoms with Crippen molar-refractivity contribution in [3.05, 3.63) is 83.9 Å². The summed E-state index contributed by atoms with van der Waals surface area (Å²) in [5.41, 5.74) is 1.34. The molecule has 2 aromatic carbocycles.